The van der Waals surface area contributed by atoms with Crippen LogP contribution in [0.15, 0.2) is 0 Å². The van der Waals surface area contributed by atoms with Crippen molar-refractivity contribution in [1.82, 2.24) is 0 Å². The van der Waals surface area contributed by atoms with Crippen LogP contribution in [0.2, 0.25) is 0 Å². The highest BCUT2D eigenvalue weighted by Gasteiger charge is 2.25. The van der Waals surface area contributed by atoms with E-state index in [2.05, 4.69) is 0 Å². The topological polar surface area (TPSA) is 78.9 Å². The van der Waals surface area contributed by atoms with Crippen LogP contribution >= 0.6 is 11.8 Å². The molecule has 0 fully saturated rings. The molecule has 0 N–H and O–H groups in total. The third-order valence-corrected chi connectivity index (χ3v) is 3.08. The standard InChI is InChI=1S/C12H20O6S/c1-4-16-10(13)7-9(12(15)18-6-3)19-8-11(14)17-5-2/h9H,4-8H2,1-3H3/t9-/m0/s1. The van der Waals surface area contributed by atoms with E-state index in [0.29, 0.717) is 0 Å². The summed E-state index contributed by atoms with van der Waals surface area (Å²) in [5.41, 5.74) is 0. The Morgan fingerprint density at radius 3 is 1.95 bits per heavy atom. The summed E-state index contributed by atoms with van der Waals surface area (Å²) in [6, 6.07) is 0. The van der Waals surface area contributed by atoms with Gasteiger partial charge in [0.05, 0.1) is 32.0 Å². The van der Waals surface area contributed by atoms with Crippen LogP contribution in [0, 0.1) is 0 Å². The molecule has 0 saturated heterocycles. The number of esters is 3. The van der Waals surface area contributed by atoms with Gasteiger partial charge in [0.1, 0.15) is 5.25 Å². The second-order valence-corrected chi connectivity index (χ2v) is 4.56. The molecule has 0 aliphatic carbocycles. The summed E-state index contributed by atoms with van der Waals surface area (Å²) in [6.07, 6.45) is -0.114. The molecular weight excluding hydrogens is 272 g/mol. The zero-order valence-electron chi connectivity index (χ0n) is 11.5. The maximum absolute atomic E-state index is 11.7. The van der Waals surface area contributed by atoms with Crippen molar-refractivity contribution in [3.05, 3.63) is 0 Å². The third kappa shape index (κ3) is 8.47. The van der Waals surface area contributed by atoms with Gasteiger partial charge in [-0.3, -0.25) is 14.4 Å². The van der Waals surface area contributed by atoms with Crippen LogP contribution in [0.5, 0.6) is 0 Å². The van der Waals surface area contributed by atoms with Crippen LogP contribution in [0.1, 0.15) is 27.2 Å². The minimum Gasteiger partial charge on any atom is -0.466 e. The van der Waals surface area contributed by atoms with E-state index in [4.69, 9.17) is 14.2 Å². The van der Waals surface area contributed by atoms with Gasteiger partial charge in [0.25, 0.3) is 0 Å². The number of hydrogen-bond acceptors (Lipinski definition) is 7. The molecule has 0 aromatic carbocycles. The van der Waals surface area contributed by atoms with Gasteiger partial charge in [-0.05, 0) is 20.8 Å². The van der Waals surface area contributed by atoms with Crippen LogP contribution in [-0.4, -0.2) is 48.7 Å². The highest BCUT2D eigenvalue weighted by atomic mass is 32.2. The second kappa shape index (κ2) is 10.7. The van der Waals surface area contributed by atoms with Gasteiger partial charge < -0.3 is 14.2 Å². The Bertz CT molecular complexity index is 305. The van der Waals surface area contributed by atoms with E-state index < -0.39 is 23.2 Å². The van der Waals surface area contributed by atoms with E-state index in [-0.39, 0.29) is 32.0 Å². The van der Waals surface area contributed by atoms with E-state index in [1.807, 2.05) is 0 Å². The zero-order valence-corrected chi connectivity index (χ0v) is 12.3. The van der Waals surface area contributed by atoms with Crippen molar-refractivity contribution in [1.29, 1.82) is 0 Å². The Hall–Kier alpha value is -1.24. The first-order chi connectivity index (χ1) is 9.04. The molecule has 6 nitrogen and oxygen atoms in total. The number of carbonyl (C=O) groups excluding carboxylic acids is 3. The minimum absolute atomic E-state index is 0.00325. The van der Waals surface area contributed by atoms with Crippen LogP contribution < -0.4 is 0 Å². The zero-order chi connectivity index (χ0) is 14.7. The molecule has 0 aliphatic heterocycles. The normalized spacial score (nSPS) is 11.5. The monoisotopic (exact) mass is 292 g/mol. The predicted octanol–water partition coefficient (Wildman–Crippen LogP) is 1.17. The number of thioether (sulfide) groups is 1. The molecule has 7 heteroatoms. The predicted molar refractivity (Wildman–Crippen MR) is 70.8 cm³/mol. The maximum Gasteiger partial charge on any atom is 0.319 e. The van der Waals surface area contributed by atoms with Gasteiger partial charge in [0.15, 0.2) is 0 Å². The number of carbonyl (C=O) groups is 3. The molecular formula is C12H20O6S. The summed E-state index contributed by atoms with van der Waals surface area (Å²) in [6.45, 7) is 5.80. The van der Waals surface area contributed by atoms with Crippen LogP contribution in [0.25, 0.3) is 0 Å². The third-order valence-electron chi connectivity index (χ3n) is 1.91. The van der Waals surface area contributed by atoms with Crippen molar-refractivity contribution in [2.24, 2.45) is 0 Å². The molecule has 0 heterocycles. The lowest BCUT2D eigenvalue weighted by atomic mass is 10.3. The van der Waals surface area contributed by atoms with Crippen molar-refractivity contribution in [3.8, 4) is 0 Å². The van der Waals surface area contributed by atoms with Crippen molar-refractivity contribution in [2.75, 3.05) is 25.6 Å². The Morgan fingerprint density at radius 1 is 0.895 bits per heavy atom. The van der Waals surface area contributed by atoms with E-state index in [9.17, 15) is 14.4 Å². The SMILES string of the molecule is CCOC(=O)CS[C@@H](CC(=O)OCC)C(=O)OCC. The summed E-state index contributed by atoms with van der Waals surface area (Å²) in [5.74, 6) is -1.44. The molecule has 19 heavy (non-hydrogen) atoms. The second-order valence-electron chi connectivity index (χ2n) is 3.37. The fourth-order valence-electron chi connectivity index (χ4n) is 1.19. The van der Waals surface area contributed by atoms with Gasteiger partial charge in [-0.25, -0.2) is 0 Å². The first kappa shape index (κ1) is 17.8. The molecule has 0 saturated carbocycles. The van der Waals surface area contributed by atoms with Crippen LogP contribution in [-0.2, 0) is 28.6 Å². The molecule has 0 aromatic heterocycles. The summed E-state index contributed by atoms with van der Waals surface area (Å²) in [7, 11) is 0. The molecule has 0 aliphatic rings. The van der Waals surface area contributed by atoms with Crippen molar-refractivity contribution in [2.45, 2.75) is 32.4 Å². The Morgan fingerprint density at radius 2 is 1.42 bits per heavy atom. The molecule has 0 rings (SSSR count). The van der Waals surface area contributed by atoms with Crippen molar-refractivity contribution >= 4 is 29.7 Å². The first-order valence-electron chi connectivity index (χ1n) is 6.14. The lowest BCUT2D eigenvalue weighted by Crippen LogP contribution is -2.26. The number of rotatable bonds is 9. The van der Waals surface area contributed by atoms with E-state index in [1.165, 1.54) is 0 Å². The summed E-state index contributed by atoms with van der Waals surface area (Å²) in [5, 5.41) is -0.747. The maximum atomic E-state index is 11.7. The molecule has 0 spiro atoms. The van der Waals surface area contributed by atoms with Crippen molar-refractivity contribution in [3.63, 3.8) is 0 Å². The Labute approximate surface area is 117 Å². The van der Waals surface area contributed by atoms with Crippen LogP contribution in [0.3, 0.4) is 0 Å². The quantitative estimate of drug-likeness (QED) is 0.466. The fourth-order valence-corrected chi connectivity index (χ4v) is 2.07. The molecule has 0 bridgehead atoms. The average Bonchev–Trinajstić information content (AvgIpc) is 2.35. The molecule has 0 amide bonds. The highest BCUT2D eigenvalue weighted by molar-refractivity contribution is 8.01. The molecule has 0 unspecified atom stereocenters. The van der Waals surface area contributed by atoms with Gasteiger partial charge in [-0.2, -0.15) is 0 Å². The smallest absolute Gasteiger partial charge is 0.319 e. The minimum atomic E-state index is -0.747. The Balaban J connectivity index is 4.37. The summed E-state index contributed by atoms with van der Waals surface area (Å²) >= 11 is 1.02. The average molecular weight is 292 g/mol. The highest BCUT2D eigenvalue weighted by Crippen LogP contribution is 2.17. The van der Waals surface area contributed by atoms with Crippen molar-refractivity contribution < 1.29 is 28.6 Å². The van der Waals surface area contributed by atoms with E-state index in [0.717, 1.165) is 11.8 Å². The largest absolute Gasteiger partial charge is 0.466 e. The molecule has 1 atom stereocenters. The molecule has 0 radical (unpaired) electrons. The summed E-state index contributed by atoms with van der Waals surface area (Å²) < 4.78 is 14.4. The lowest BCUT2D eigenvalue weighted by molar-refractivity contribution is -0.149. The van der Waals surface area contributed by atoms with Gasteiger partial charge >= 0.3 is 17.9 Å². The molecule has 0 aromatic rings. The van der Waals surface area contributed by atoms with Gasteiger partial charge in [0.2, 0.25) is 0 Å². The van der Waals surface area contributed by atoms with Gasteiger partial charge in [0, 0.05) is 0 Å². The number of hydrogen-bond donors (Lipinski definition) is 0. The molecule has 110 valence electrons. The fraction of sp³-hybridized carbons (Fsp3) is 0.750. The summed E-state index contributed by atoms with van der Waals surface area (Å²) in [4.78, 5) is 34.3. The van der Waals surface area contributed by atoms with Gasteiger partial charge in [-0.1, -0.05) is 0 Å². The number of ether oxygens (including phenoxy) is 3. The first-order valence-corrected chi connectivity index (χ1v) is 7.19. The van der Waals surface area contributed by atoms with Gasteiger partial charge in [-0.15, -0.1) is 11.8 Å². The Kier molecular flexibility index (Phi) is 9.97. The van der Waals surface area contributed by atoms with E-state index >= 15 is 0 Å². The van der Waals surface area contributed by atoms with Crippen LogP contribution in [0.4, 0.5) is 0 Å². The van der Waals surface area contributed by atoms with E-state index in [1.54, 1.807) is 20.8 Å². The lowest BCUT2D eigenvalue weighted by Gasteiger charge is -2.14.